The van der Waals surface area contributed by atoms with Crippen LogP contribution in [0.25, 0.3) is 10.9 Å². The molecule has 6 nitrogen and oxygen atoms in total. The van der Waals surface area contributed by atoms with Gasteiger partial charge in [0.15, 0.2) is 0 Å². The van der Waals surface area contributed by atoms with Crippen LogP contribution in [0.15, 0.2) is 42.6 Å². The lowest BCUT2D eigenvalue weighted by Crippen LogP contribution is -2.23. The van der Waals surface area contributed by atoms with Gasteiger partial charge in [-0.3, -0.25) is 4.79 Å². The van der Waals surface area contributed by atoms with Gasteiger partial charge in [-0.15, -0.1) is 0 Å². The Morgan fingerprint density at radius 2 is 1.62 bits per heavy atom. The molecule has 170 valence electrons. The van der Waals surface area contributed by atoms with E-state index in [1.165, 1.54) is 7.11 Å². The Kier molecular flexibility index (Phi) is 6.35. The van der Waals surface area contributed by atoms with E-state index >= 15 is 0 Å². The summed E-state index contributed by atoms with van der Waals surface area (Å²) in [4.78, 5) is 28.1. The molecule has 0 spiro atoms. The van der Waals surface area contributed by atoms with Gasteiger partial charge in [0, 0.05) is 34.4 Å². The highest BCUT2D eigenvalue weighted by atomic mass is 16.7. The largest absolute Gasteiger partial charge is 0.513 e. The minimum absolute atomic E-state index is 0.146. The summed E-state index contributed by atoms with van der Waals surface area (Å²) >= 11 is 0. The van der Waals surface area contributed by atoms with E-state index in [0.29, 0.717) is 11.4 Å². The van der Waals surface area contributed by atoms with E-state index in [-0.39, 0.29) is 23.2 Å². The van der Waals surface area contributed by atoms with Crippen LogP contribution in [0.2, 0.25) is 0 Å². The zero-order valence-corrected chi connectivity index (χ0v) is 19.9. The first-order valence-electron chi connectivity index (χ1n) is 10.7. The maximum absolute atomic E-state index is 13.0. The van der Waals surface area contributed by atoms with Crippen LogP contribution in [0.4, 0.5) is 10.5 Å². The molecule has 0 fully saturated rings. The van der Waals surface area contributed by atoms with Crippen LogP contribution >= 0.6 is 0 Å². The molecule has 1 aromatic heterocycles. The van der Waals surface area contributed by atoms with Crippen LogP contribution in [0.3, 0.4) is 0 Å². The van der Waals surface area contributed by atoms with E-state index in [0.717, 1.165) is 27.6 Å². The number of aromatic amines is 1. The molecule has 0 unspecified atom stereocenters. The Morgan fingerprint density at radius 3 is 2.25 bits per heavy atom. The average molecular weight is 437 g/mol. The molecule has 0 bridgehead atoms. The summed E-state index contributed by atoms with van der Waals surface area (Å²) in [7, 11) is 1.27. The third kappa shape index (κ3) is 5.13. The van der Waals surface area contributed by atoms with Gasteiger partial charge in [0.1, 0.15) is 5.75 Å². The molecule has 0 aliphatic heterocycles. The molecule has 0 saturated heterocycles. The van der Waals surface area contributed by atoms with Crippen molar-refractivity contribution in [3.05, 3.63) is 59.3 Å². The Labute approximate surface area is 189 Å². The predicted octanol–water partition coefficient (Wildman–Crippen LogP) is 6.09. The summed E-state index contributed by atoms with van der Waals surface area (Å²) in [6.07, 6.45) is 1.29. The van der Waals surface area contributed by atoms with Crippen molar-refractivity contribution in [2.24, 2.45) is 0 Å². The van der Waals surface area contributed by atoms with Crippen LogP contribution in [-0.4, -0.2) is 24.2 Å². The Balaban J connectivity index is 2.00. The molecule has 2 aromatic carbocycles. The van der Waals surface area contributed by atoms with Gasteiger partial charge in [-0.25, -0.2) is 4.79 Å². The fourth-order valence-electron chi connectivity index (χ4n) is 3.75. The van der Waals surface area contributed by atoms with Gasteiger partial charge in [0.2, 0.25) is 5.91 Å². The zero-order chi connectivity index (χ0) is 23.7. The minimum atomic E-state index is -0.796. The monoisotopic (exact) mass is 436 g/mol. The molecule has 0 saturated carbocycles. The smallest absolute Gasteiger partial charge is 0.437 e. The van der Waals surface area contributed by atoms with Crippen LogP contribution in [0, 0.1) is 0 Å². The Bertz CT molecular complexity index is 1150. The quantitative estimate of drug-likeness (QED) is 0.383. The number of carbonyl (C=O) groups excluding carboxylic acids is 2. The number of amides is 1. The van der Waals surface area contributed by atoms with Gasteiger partial charge >= 0.3 is 6.16 Å². The lowest BCUT2D eigenvalue weighted by Gasteiger charge is -2.29. The second-order valence-electron chi connectivity index (χ2n) is 10.0. The average Bonchev–Trinajstić information content (AvgIpc) is 3.09. The molecule has 0 radical (unpaired) electrons. The Morgan fingerprint density at radius 1 is 0.969 bits per heavy atom. The minimum Gasteiger partial charge on any atom is -0.437 e. The van der Waals surface area contributed by atoms with Crippen LogP contribution < -0.4 is 10.1 Å². The maximum Gasteiger partial charge on any atom is 0.513 e. The predicted molar refractivity (Wildman–Crippen MR) is 128 cm³/mol. The number of rotatable bonds is 4. The molecular formula is C26H32N2O4. The fraction of sp³-hybridized carbons (Fsp3) is 0.385. The van der Waals surface area contributed by atoms with Crippen LogP contribution in [0.5, 0.6) is 5.75 Å². The SMILES string of the molecule is COC(=O)Oc1cc(NC(=O)Cc2c[nH]c3ccccc23)c(C(C)(C)C)cc1C(C)(C)C. The fourth-order valence-corrected chi connectivity index (χ4v) is 3.75. The van der Waals surface area contributed by atoms with Gasteiger partial charge in [0.25, 0.3) is 0 Å². The first kappa shape index (κ1) is 23.4. The Hall–Kier alpha value is -3.28. The molecule has 3 rings (SSSR count). The summed E-state index contributed by atoms with van der Waals surface area (Å²) < 4.78 is 10.2. The van der Waals surface area contributed by atoms with Crippen molar-refractivity contribution >= 4 is 28.7 Å². The number of hydrogen-bond acceptors (Lipinski definition) is 4. The lowest BCUT2D eigenvalue weighted by atomic mass is 9.79. The number of H-pyrrole nitrogens is 1. The number of benzene rings is 2. The van der Waals surface area contributed by atoms with E-state index in [4.69, 9.17) is 9.47 Å². The van der Waals surface area contributed by atoms with Crippen molar-refractivity contribution in [3.63, 3.8) is 0 Å². The highest BCUT2D eigenvalue weighted by Crippen LogP contribution is 2.40. The number of fused-ring (bicyclic) bond motifs is 1. The van der Waals surface area contributed by atoms with E-state index < -0.39 is 6.16 Å². The third-order valence-electron chi connectivity index (χ3n) is 5.40. The van der Waals surface area contributed by atoms with Crippen molar-refractivity contribution in [1.82, 2.24) is 4.98 Å². The highest BCUT2D eigenvalue weighted by molar-refractivity contribution is 5.96. The zero-order valence-electron chi connectivity index (χ0n) is 19.9. The van der Waals surface area contributed by atoms with Crippen molar-refractivity contribution < 1.29 is 19.1 Å². The van der Waals surface area contributed by atoms with Crippen molar-refractivity contribution in [2.75, 3.05) is 12.4 Å². The molecule has 1 heterocycles. The van der Waals surface area contributed by atoms with Crippen molar-refractivity contribution in [3.8, 4) is 5.75 Å². The van der Waals surface area contributed by atoms with E-state index in [9.17, 15) is 9.59 Å². The molecular weight excluding hydrogens is 404 g/mol. The summed E-state index contributed by atoms with van der Waals surface area (Å²) in [5.41, 5.74) is 3.84. The van der Waals surface area contributed by atoms with Gasteiger partial charge in [-0.2, -0.15) is 0 Å². The van der Waals surface area contributed by atoms with Crippen LogP contribution in [-0.2, 0) is 26.8 Å². The van der Waals surface area contributed by atoms with E-state index in [1.807, 2.05) is 57.3 Å². The number of para-hydroxylation sites is 1. The highest BCUT2D eigenvalue weighted by Gasteiger charge is 2.28. The second kappa shape index (κ2) is 8.69. The molecule has 2 N–H and O–H groups in total. The number of methoxy groups -OCH3 is 1. The molecule has 32 heavy (non-hydrogen) atoms. The molecule has 1 amide bonds. The molecule has 0 aliphatic rings. The first-order chi connectivity index (χ1) is 14.9. The molecule has 3 aromatic rings. The number of hydrogen-bond donors (Lipinski definition) is 2. The number of anilines is 1. The van der Waals surface area contributed by atoms with Crippen molar-refractivity contribution in [2.45, 2.75) is 58.8 Å². The molecule has 0 atom stereocenters. The summed E-state index contributed by atoms with van der Waals surface area (Å²) in [6, 6.07) is 11.6. The standard InChI is InChI=1S/C26H32N2O4/c1-25(2,3)18-13-19(26(4,5)6)22(32-24(30)31-7)14-21(18)28-23(29)12-16-15-27-20-11-9-8-10-17(16)20/h8-11,13-15,27H,12H2,1-7H3,(H,28,29). The van der Waals surface area contributed by atoms with Crippen molar-refractivity contribution in [1.29, 1.82) is 0 Å². The third-order valence-corrected chi connectivity index (χ3v) is 5.40. The number of carbonyl (C=O) groups is 2. The summed E-state index contributed by atoms with van der Waals surface area (Å²) in [5, 5.41) is 4.07. The van der Waals surface area contributed by atoms with Gasteiger partial charge in [-0.1, -0.05) is 59.7 Å². The van der Waals surface area contributed by atoms with Gasteiger partial charge in [0.05, 0.1) is 13.5 Å². The molecule has 6 heteroatoms. The topological polar surface area (TPSA) is 80.4 Å². The normalized spacial score (nSPS) is 12.0. The van der Waals surface area contributed by atoms with E-state index in [1.54, 1.807) is 6.07 Å². The van der Waals surface area contributed by atoms with Crippen LogP contribution in [0.1, 0.15) is 58.2 Å². The number of aromatic nitrogens is 1. The number of ether oxygens (including phenoxy) is 2. The number of nitrogens with one attached hydrogen (secondary N) is 2. The summed E-state index contributed by atoms with van der Waals surface area (Å²) in [5.74, 6) is 0.229. The second-order valence-corrected chi connectivity index (χ2v) is 10.0. The lowest BCUT2D eigenvalue weighted by molar-refractivity contribution is -0.115. The maximum atomic E-state index is 13.0. The van der Waals surface area contributed by atoms with Gasteiger partial charge < -0.3 is 19.8 Å². The summed E-state index contributed by atoms with van der Waals surface area (Å²) in [6.45, 7) is 12.4. The van der Waals surface area contributed by atoms with Gasteiger partial charge in [-0.05, 0) is 34.1 Å². The first-order valence-corrected chi connectivity index (χ1v) is 10.7. The molecule has 0 aliphatic carbocycles. The van der Waals surface area contributed by atoms with E-state index in [2.05, 4.69) is 31.1 Å².